The van der Waals surface area contributed by atoms with E-state index in [4.69, 9.17) is 5.73 Å². The van der Waals surface area contributed by atoms with Crippen molar-refractivity contribution in [2.45, 2.75) is 38.9 Å². The number of carbonyl (C=O) groups excluding carboxylic acids is 2. The SMILES string of the molecule is CC(C)(N)C(=O)N1CC=C(c2ccc(NC(=O)N3Cc4cc(F)cnc4C3)cc2)CC1. The third-order valence-electron chi connectivity index (χ3n) is 5.57. The Hall–Kier alpha value is -3.26. The second kappa shape index (κ2) is 8.11. The molecular weight excluding hydrogens is 397 g/mol. The van der Waals surface area contributed by atoms with E-state index in [1.54, 1.807) is 23.6 Å². The van der Waals surface area contributed by atoms with Gasteiger partial charge < -0.3 is 20.9 Å². The van der Waals surface area contributed by atoms with Gasteiger partial charge in [0.15, 0.2) is 0 Å². The molecule has 4 rings (SSSR count). The molecule has 2 aliphatic rings. The maximum Gasteiger partial charge on any atom is 0.322 e. The molecule has 3 amide bonds. The molecule has 31 heavy (non-hydrogen) atoms. The van der Waals surface area contributed by atoms with Gasteiger partial charge in [-0.25, -0.2) is 9.18 Å². The molecule has 7 nitrogen and oxygen atoms in total. The number of nitrogens with zero attached hydrogens (tertiary/aromatic N) is 3. The fraction of sp³-hybridized carbons (Fsp3) is 0.348. The summed E-state index contributed by atoms with van der Waals surface area (Å²) in [6.45, 7) is 5.31. The van der Waals surface area contributed by atoms with E-state index in [9.17, 15) is 14.0 Å². The fourth-order valence-electron chi connectivity index (χ4n) is 3.87. The number of nitrogens with one attached hydrogen (secondary N) is 1. The topological polar surface area (TPSA) is 91.6 Å². The molecule has 162 valence electrons. The summed E-state index contributed by atoms with van der Waals surface area (Å²) in [6, 6.07) is 8.81. The highest BCUT2D eigenvalue weighted by molar-refractivity contribution is 5.90. The highest BCUT2D eigenvalue weighted by atomic mass is 19.1. The molecule has 0 aliphatic carbocycles. The highest BCUT2D eigenvalue weighted by Gasteiger charge is 2.29. The van der Waals surface area contributed by atoms with E-state index >= 15 is 0 Å². The van der Waals surface area contributed by atoms with Gasteiger partial charge in [0.2, 0.25) is 5.91 Å². The highest BCUT2D eigenvalue weighted by Crippen LogP contribution is 2.26. The summed E-state index contributed by atoms with van der Waals surface area (Å²) >= 11 is 0. The molecule has 0 saturated heterocycles. The number of nitrogens with two attached hydrogens (primary N) is 1. The van der Waals surface area contributed by atoms with Gasteiger partial charge in [0, 0.05) is 25.3 Å². The summed E-state index contributed by atoms with van der Waals surface area (Å²) in [7, 11) is 0. The summed E-state index contributed by atoms with van der Waals surface area (Å²) in [5.74, 6) is -0.448. The Morgan fingerprint density at radius 2 is 1.90 bits per heavy atom. The Labute approximate surface area is 180 Å². The van der Waals surface area contributed by atoms with E-state index < -0.39 is 11.4 Å². The van der Waals surface area contributed by atoms with Gasteiger partial charge in [-0.3, -0.25) is 9.78 Å². The van der Waals surface area contributed by atoms with Crippen LogP contribution in [0.4, 0.5) is 14.9 Å². The number of anilines is 1. The number of amides is 3. The van der Waals surface area contributed by atoms with Gasteiger partial charge >= 0.3 is 6.03 Å². The third-order valence-corrected chi connectivity index (χ3v) is 5.57. The first-order valence-corrected chi connectivity index (χ1v) is 10.3. The number of benzene rings is 1. The smallest absolute Gasteiger partial charge is 0.322 e. The molecule has 0 unspecified atom stereocenters. The number of hydrogen-bond acceptors (Lipinski definition) is 4. The minimum Gasteiger partial charge on any atom is -0.337 e. The van der Waals surface area contributed by atoms with Gasteiger partial charge in [-0.15, -0.1) is 0 Å². The van der Waals surface area contributed by atoms with Crippen molar-refractivity contribution >= 4 is 23.2 Å². The van der Waals surface area contributed by atoms with E-state index in [1.165, 1.54) is 17.8 Å². The predicted octanol–water partition coefficient (Wildman–Crippen LogP) is 3.12. The summed E-state index contributed by atoms with van der Waals surface area (Å²) in [5.41, 5.74) is 9.42. The number of halogens is 1. The number of carbonyl (C=O) groups is 2. The maximum absolute atomic E-state index is 13.3. The van der Waals surface area contributed by atoms with Crippen molar-refractivity contribution in [3.05, 3.63) is 65.2 Å². The van der Waals surface area contributed by atoms with Crippen LogP contribution in [0.5, 0.6) is 0 Å². The third kappa shape index (κ3) is 4.59. The van der Waals surface area contributed by atoms with Crippen molar-refractivity contribution in [1.82, 2.24) is 14.8 Å². The maximum atomic E-state index is 13.3. The summed E-state index contributed by atoms with van der Waals surface area (Å²) in [4.78, 5) is 32.3. The van der Waals surface area contributed by atoms with Crippen molar-refractivity contribution < 1.29 is 14.0 Å². The molecule has 0 bridgehead atoms. The van der Waals surface area contributed by atoms with Crippen LogP contribution in [-0.4, -0.2) is 45.4 Å². The first-order chi connectivity index (χ1) is 14.7. The molecule has 0 atom stereocenters. The first kappa shape index (κ1) is 21.0. The van der Waals surface area contributed by atoms with Crippen LogP contribution in [0.25, 0.3) is 5.57 Å². The molecule has 0 radical (unpaired) electrons. The van der Waals surface area contributed by atoms with Gasteiger partial charge in [-0.05, 0) is 55.2 Å². The number of pyridine rings is 1. The van der Waals surface area contributed by atoms with Crippen LogP contribution < -0.4 is 11.1 Å². The van der Waals surface area contributed by atoms with Crippen LogP contribution >= 0.6 is 0 Å². The second-order valence-corrected chi connectivity index (χ2v) is 8.58. The second-order valence-electron chi connectivity index (χ2n) is 8.58. The van der Waals surface area contributed by atoms with Crippen LogP contribution in [0.15, 0.2) is 42.6 Å². The zero-order valence-corrected chi connectivity index (χ0v) is 17.7. The molecule has 1 aromatic carbocycles. The molecular formula is C23H26FN5O2. The fourth-order valence-corrected chi connectivity index (χ4v) is 3.87. The monoisotopic (exact) mass is 423 g/mol. The number of rotatable bonds is 3. The molecule has 2 aromatic rings. The lowest BCUT2D eigenvalue weighted by atomic mass is 9.97. The Bertz CT molecular complexity index is 1040. The summed E-state index contributed by atoms with van der Waals surface area (Å²) < 4.78 is 13.3. The Balaban J connectivity index is 1.35. The molecule has 0 spiro atoms. The normalized spacial score (nSPS) is 16.1. The zero-order chi connectivity index (χ0) is 22.2. The van der Waals surface area contributed by atoms with E-state index in [2.05, 4.69) is 10.3 Å². The van der Waals surface area contributed by atoms with Crippen LogP contribution in [0.3, 0.4) is 0 Å². The van der Waals surface area contributed by atoms with Crippen molar-refractivity contribution in [2.75, 3.05) is 18.4 Å². The summed E-state index contributed by atoms with van der Waals surface area (Å²) in [6.07, 6.45) is 3.97. The number of fused-ring (bicyclic) bond motifs is 1. The van der Waals surface area contributed by atoms with Gasteiger partial charge in [0.05, 0.1) is 24.0 Å². The van der Waals surface area contributed by atoms with Gasteiger partial charge in [0.1, 0.15) is 5.82 Å². The molecule has 8 heteroatoms. The van der Waals surface area contributed by atoms with Crippen molar-refractivity contribution in [3.63, 3.8) is 0 Å². The Morgan fingerprint density at radius 3 is 2.55 bits per heavy atom. The predicted molar refractivity (Wildman–Crippen MR) is 116 cm³/mol. The lowest BCUT2D eigenvalue weighted by Crippen LogP contribution is -2.52. The molecule has 3 heterocycles. The van der Waals surface area contributed by atoms with Gasteiger partial charge in [-0.1, -0.05) is 18.2 Å². The van der Waals surface area contributed by atoms with Crippen LogP contribution in [-0.2, 0) is 17.9 Å². The van der Waals surface area contributed by atoms with Crippen LogP contribution in [0.1, 0.15) is 37.1 Å². The first-order valence-electron chi connectivity index (χ1n) is 10.3. The average molecular weight is 423 g/mol. The Morgan fingerprint density at radius 1 is 1.16 bits per heavy atom. The Kier molecular flexibility index (Phi) is 5.49. The molecule has 3 N–H and O–H groups in total. The molecule has 1 aromatic heterocycles. The molecule has 0 fully saturated rings. The zero-order valence-electron chi connectivity index (χ0n) is 17.7. The van der Waals surface area contributed by atoms with E-state index in [0.717, 1.165) is 23.2 Å². The van der Waals surface area contributed by atoms with E-state index in [1.807, 2.05) is 30.3 Å². The standard InChI is InChI=1S/C23H26FN5O2/c1-23(2,25)21(30)28-9-7-16(8-10-28)15-3-5-19(6-4-15)27-22(31)29-13-17-11-18(24)12-26-20(17)14-29/h3-7,11-12H,8-10,13-14,25H2,1-2H3,(H,27,31). The number of aromatic nitrogens is 1. The van der Waals surface area contributed by atoms with Crippen molar-refractivity contribution in [1.29, 1.82) is 0 Å². The van der Waals surface area contributed by atoms with Crippen LogP contribution in [0, 0.1) is 5.82 Å². The average Bonchev–Trinajstić information content (AvgIpc) is 3.17. The van der Waals surface area contributed by atoms with Crippen LogP contribution in [0.2, 0.25) is 0 Å². The molecule has 0 saturated carbocycles. The van der Waals surface area contributed by atoms with E-state index in [-0.39, 0.29) is 11.9 Å². The number of hydrogen-bond donors (Lipinski definition) is 2. The lowest BCUT2D eigenvalue weighted by Gasteiger charge is -2.31. The van der Waals surface area contributed by atoms with Crippen molar-refractivity contribution in [2.24, 2.45) is 5.73 Å². The van der Waals surface area contributed by atoms with Crippen molar-refractivity contribution in [3.8, 4) is 0 Å². The largest absolute Gasteiger partial charge is 0.337 e. The minimum atomic E-state index is -0.869. The van der Waals surface area contributed by atoms with Gasteiger partial charge in [-0.2, -0.15) is 0 Å². The number of urea groups is 1. The lowest BCUT2D eigenvalue weighted by molar-refractivity contribution is -0.135. The quantitative estimate of drug-likeness (QED) is 0.794. The van der Waals surface area contributed by atoms with E-state index in [0.29, 0.717) is 31.9 Å². The molecule has 2 aliphatic heterocycles. The minimum absolute atomic E-state index is 0.0529. The summed E-state index contributed by atoms with van der Waals surface area (Å²) in [5, 5.41) is 2.88. The van der Waals surface area contributed by atoms with Gasteiger partial charge in [0.25, 0.3) is 0 Å².